The molecule has 2 N–H and O–H groups in total. The third kappa shape index (κ3) is 3.10. The highest BCUT2D eigenvalue weighted by atomic mass is 16.5. The fourth-order valence-electron chi connectivity index (χ4n) is 3.34. The van der Waals surface area contributed by atoms with Crippen LogP contribution in [0.3, 0.4) is 0 Å². The Balaban J connectivity index is 1.84. The Kier molecular flexibility index (Phi) is 4.36. The summed E-state index contributed by atoms with van der Waals surface area (Å²) in [5.41, 5.74) is 1.17. The van der Waals surface area contributed by atoms with Crippen LogP contribution in [0, 0.1) is 0 Å². The van der Waals surface area contributed by atoms with E-state index in [0.717, 1.165) is 18.7 Å². The Morgan fingerprint density at radius 1 is 1.41 bits per heavy atom. The van der Waals surface area contributed by atoms with Gasteiger partial charge in [0.05, 0.1) is 13.2 Å². The standard InChI is InChI=1S/C17H24N2O3/c1-11(20)17(21)18-15-8-9-19(13-6-7-13)16(15)12-4-3-5-14(10-12)22-2/h3-5,10-11,13,15-16,20H,6-9H2,1-2H3,(H,18,21)/t11-,15+,16-/m1/s1. The molecule has 0 unspecified atom stereocenters. The van der Waals surface area contributed by atoms with Gasteiger partial charge in [-0.1, -0.05) is 12.1 Å². The average Bonchev–Trinajstić information content (AvgIpc) is 3.28. The maximum atomic E-state index is 11.9. The van der Waals surface area contributed by atoms with Crippen molar-refractivity contribution in [2.24, 2.45) is 0 Å². The number of hydrogen-bond donors (Lipinski definition) is 2. The zero-order valence-electron chi connectivity index (χ0n) is 13.2. The molecule has 5 heteroatoms. The summed E-state index contributed by atoms with van der Waals surface area (Å²) < 4.78 is 5.33. The summed E-state index contributed by atoms with van der Waals surface area (Å²) in [5.74, 6) is 0.538. The summed E-state index contributed by atoms with van der Waals surface area (Å²) in [4.78, 5) is 14.4. The van der Waals surface area contributed by atoms with Crippen LogP contribution in [0.4, 0.5) is 0 Å². The van der Waals surface area contributed by atoms with Crippen molar-refractivity contribution in [3.8, 4) is 5.75 Å². The van der Waals surface area contributed by atoms with Gasteiger partial charge in [0.2, 0.25) is 5.91 Å². The number of carbonyl (C=O) groups is 1. The van der Waals surface area contributed by atoms with Crippen LogP contribution in [0.25, 0.3) is 0 Å². The molecule has 0 spiro atoms. The van der Waals surface area contributed by atoms with Crippen molar-refractivity contribution in [3.05, 3.63) is 29.8 Å². The molecular weight excluding hydrogens is 280 g/mol. The van der Waals surface area contributed by atoms with E-state index in [-0.39, 0.29) is 18.0 Å². The monoisotopic (exact) mass is 304 g/mol. The Labute approximate surface area is 131 Å². The Morgan fingerprint density at radius 3 is 2.82 bits per heavy atom. The molecule has 3 atom stereocenters. The third-order valence-electron chi connectivity index (χ3n) is 4.60. The normalized spacial score (nSPS) is 26.7. The van der Waals surface area contributed by atoms with E-state index in [2.05, 4.69) is 16.3 Å². The van der Waals surface area contributed by atoms with Crippen molar-refractivity contribution in [2.45, 2.75) is 50.4 Å². The molecule has 1 heterocycles. The van der Waals surface area contributed by atoms with Crippen LogP contribution in [0.1, 0.15) is 37.8 Å². The van der Waals surface area contributed by atoms with Crippen molar-refractivity contribution in [2.75, 3.05) is 13.7 Å². The van der Waals surface area contributed by atoms with E-state index in [1.54, 1.807) is 7.11 Å². The van der Waals surface area contributed by atoms with Gasteiger partial charge < -0.3 is 15.2 Å². The molecule has 5 nitrogen and oxygen atoms in total. The first kappa shape index (κ1) is 15.3. The van der Waals surface area contributed by atoms with Crippen molar-refractivity contribution in [1.82, 2.24) is 10.2 Å². The van der Waals surface area contributed by atoms with E-state index in [1.165, 1.54) is 25.3 Å². The number of aliphatic hydroxyl groups is 1. The lowest BCUT2D eigenvalue weighted by Gasteiger charge is -2.29. The molecule has 1 aliphatic heterocycles. The number of amides is 1. The van der Waals surface area contributed by atoms with Crippen molar-refractivity contribution >= 4 is 5.91 Å². The van der Waals surface area contributed by atoms with Gasteiger partial charge in [0.15, 0.2) is 0 Å². The smallest absolute Gasteiger partial charge is 0.248 e. The van der Waals surface area contributed by atoms with Crippen LogP contribution in [0.15, 0.2) is 24.3 Å². The van der Waals surface area contributed by atoms with Gasteiger partial charge >= 0.3 is 0 Å². The summed E-state index contributed by atoms with van der Waals surface area (Å²) in [6, 6.07) is 8.89. The number of carbonyl (C=O) groups excluding carboxylic acids is 1. The lowest BCUT2D eigenvalue weighted by molar-refractivity contribution is -0.129. The van der Waals surface area contributed by atoms with Gasteiger partial charge in [-0.15, -0.1) is 0 Å². The second-order valence-corrected chi connectivity index (χ2v) is 6.27. The van der Waals surface area contributed by atoms with Crippen molar-refractivity contribution < 1.29 is 14.6 Å². The van der Waals surface area contributed by atoms with E-state index in [0.29, 0.717) is 6.04 Å². The molecule has 1 aliphatic carbocycles. The van der Waals surface area contributed by atoms with Gasteiger partial charge in [-0.05, 0) is 43.9 Å². The maximum Gasteiger partial charge on any atom is 0.248 e. The lowest BCUT2D eigenvalue weighted by Crippen LogP contribution is -2.43. The van der Waals surface area contributed by atoms with Crippen LogP contribution < -0.4 is 10.1 Å². The largest absolute Gasteiger partial charge is 0.497 e. The van der Waals surface area contributed by atoms with E-state index < -0.39 is 6.10 Å². The molecule has 1 amide bonds. The second kappa shape index (κ2) is 6.26. The molecule has 1 saturated heterocycles. The SMILES string of the molecule is COc1cccc([C@@H]2[C@@H](NC(=O)[C@@H](C)O)CCN2C2CC2)c1. The molecule has 0 aromatic heterocycles. The molecule has 1 saturated carbocycles. The van der Waals surface area contributed by atoms with E-state index in [4.69, 9.17) is 4.74 Å². The zero-order valence-corrected chi connectivity index (χ0v) is 13.2. The first-order valence-corrected chi connectivity index (χ1v) is 7.98. The highest BCUT2D eigenvalue weighted by molar-refractivity contribution is 5.80. The number of ether oxygens (including phenoxy) is 1. The minimum absolute atomic E-state index is 0.0369. The van der Waals surface area contributed by atoms with Crippen molar-refractivity contribution in [3.63, 3.8) is 0 Å². The Hall–Kier alpha value is -1.59. The topological polar surface area (TPSA) is 61.8 Å². The number of nitrogens with zero attached hydrogens (tertiary/aromatic N) is 1. The maximum absolute atomic E-state index is 11.9. The first-order valence-electron chi connectivity index (χ1n) is 7.98. The van der Waals surface area contributed by atoms with Gasteiger partial charge in [0.1, 0.15) is 11.9 Å². The fourth-order valence-corrected chi connectivity index (χ4v) is 3.34. The average molecular weight is 304 g/mol. The zero-order chi connectivity index (χ0) is 15.7. The van der Waals surface area contributed by atoms with E-state index >= 15 is 0 Å². The quantitative estimate of drug-likeness (QED) is 0.865. The van der Waals surface area contributed by atoms with Crippen LogP contribution in [-0.4, -0.2) is 47.8 Å². The molecule has 1 aromatic rings. The van der Waals surface area contributed by atoms with E-state index in [1.807, 2.05) is 18.2 Å². The number of benzene rings is 1. The van der Waals surface area contributed by atoms with E-state index in [9.17, 15) is 9.90 Å². The van der Waals surface area contributed by atoms with Crippen LogP contribution in [0.2, 0.25) is 0 Å². The molecule has 0 radical (unpaired) electrons. The predicted octanol–water partition coefficient (Wildman–Crippen LogP) is 1.47. The third-order valence-corrected chi connectivity index (χ3v) is 4.60. The molecular formula is C17H24N2O3. The van der Waals surface area contributed by atoms with Crippen LogP contribution in [0.5, 0.6) is 5.75 Å². The first-order chi connectivity index (χ1) is 10.6. The minimum Gasteiger partial charge on any atom is -0.497 e. The highest BCUT2D eigenvalue weighted by Crippen LogP contribution is 2.41. The molecule has 120 valence electrons. The number of rotatable bonds is 5. The number of aliphatic hydroxyl groups excluding tert-OH is 1. The summed E-state index contributed by atoms with van der Waals surface area (Å²) in [7, 11) is 1.67. The summed E-state index contributed by atoms with van der Waals surface area (Å²) >= 11 is 0. The Bertz CT molecular complexity index is 542. The summed E-state index contributed by atoms with van der Waals surface area (Å²) in [5, 5.41) is 12.5. The predicted molar refractivity (Wildman–Crippen MR) is 83.7 cm³/mol. The van der Waals surface area contributed by atoms with Gasteiger partial charge in [-0.2, -0.15) is 0 Å². The van der Waals surface area contributed by atoms with Gasteiger partial charge in [0.25, 0.3) is 0 Å². The lowest BCUT2D eigenvalue weighted by atomic mass is 9.99. The number of hydrogen-bond acceptors (Lipinski definition) is 4. The fraction of sp³-hybridized carbons (Fsp3) is 0.588. The molecule has 2 fully saturated rings. The molecule has 0 bridgehead atoms. The van der Waals surface area contributed by atoms with Crippen molar-refractivity contribution in [1.29, 1.82) is 0 Å². The second-order valence-electron chi connectivity index (χ2n) is 6.27. The molecule has 3 rings (SSSR count). The Morgan fingerprint density at radius 2 is 2.18 bits per heavy atom. The molecule has 1 aromatic carbocycles. The van der Waals surface area contributed by atoms with Gasteiger partial charge in [-0.25, -0.2) is 0 Å². The summed E-state index contributed by atoms with van der Waals surface area (Å²) in [6.07, 6.45) is 2.41. The highest BCUT2D eigenvalue weighted by Gasteiger charge is 2.43. The summed E-state index contributed by atoms with van der Waals surface area (Å²) in [6.45, 7) is 2.49. The molecule has 22 heavy (non-hydrogen) atoms. The molecule has 2 aliphatic rings. The van der Waals surface area contributed by atoms with Crippen LogP contribution in [-0.2, 0) is 4.79 Å². The van der Waals surface area contributed by atoms with Gasteiger partial charge in [0, 0.05) is 18.6 Å². The number of likely N-dealkylation sites (tertiary alicyclic amines) is 1. The minimum atomic E-state index is -0.971. The number of nitrogens with one attached hydrogen (secondary N) is 1. The number of methoxy groups -OCH3 is 1. The van der Waals surface area contributed by atoms with Gasteiger partial charge in [-0.3, -0.25) is 9.69 Å². The van der Waals surface area contributed by atoms with Crippen LogP contribution >= 0.6 is 0 Å².